The van der Waals surface area contributed by atoms with Gasteiger partial charge in [-0.25, -0.2) is 0 Å². The first-order valence-corrected chi connectivity index (χ1v) is 3.02. The molecule has 0 aromatic carbocycles. The van der Waals surface area contributed by atoms with Gasteiger partial charge in [-0.15, -0.1) is 5.92 Å². The SMILES string of the molecule is CC#CC1CNC(=O)C1. The van der Waals surface area contributed by atoms with Crippen LogP contribution in [-0.4, -0.2) is 12.5 Å². The fourth-order valence-electron chi connectivity index (χ4n) is 0.911. The molecule has 1 rings (SSSR count). The Morgan fingerprint density at radius 1 is 1.78 bits per heavy atom. The van der Waals surface area contributed by atoms with Gasteiger partial charge in [-0.2, -0.15) is 0 Å². The van der Waals surface area contributed by atoms with Crippen LogP contribution in [0.15, 0.2) is 0 Å². The number of nitrogens with one attached hydrogen (secondary N) is 1. The van der Waals surface area contributed by atoms with Crippen molar-refractivity contribution in [1.29, 1.82) is 0 Å². The van der Waals surface area contributed by atoms with Gasteiger partial charge in [-0.05, 0) is 6.92 Å². The second kappa shape index (κ2) is 2.54. The molecule has 0 aliphatic carbocycles. The minimum Gasteiger partial charge on any atom is -0.355 e. The fraction of sp³-hybridized carbons (Fsp3) is 0.571. The van der Waals surface area contributed by atoms with Gasteiger partial charge in [0.1, 0.15) is 0 Å². The van der Waals surface area contributed by atoms with Crippen LogP contribution in [0.3, 0.4) is 0 Å². The van der Waals surface area contributed by atoms with Gasteiger partial charge >= 0.3 is 0 Å². The summed E-state index contributed by atoms with van der Waals surface area (Å²) in [4.78, 5) is 10.5. The zero-order valence-electron chi connectivity index (χ0n) is 5.40. The molecule has 9 heavy (non-hydrogen) atoms. The minimum atomic E-state index is 0.128. The Balaban J connectivity index is 2.45. The predicted molar refractivity (Wildman–Crippen MR) is 34.6 cm³/mol. The van der Waals surface area contributed by atoms with Crippen molar-refractivity contribution in [3.63, 3.8) is 0 Å². The molecule has 0 radical (unpaired) electrons. The van der Waals surface area contributed by atoms with E-state index in [0.717, 1.165) is 6.54 Å². The molecular formula is C7H9NO. The van der Waals surface area contributed by atoms with Crippen molar-refractivity contribution in [2.45, 2.75) is 13.3 Å². The summed E-state index contributed by atoms with van der Waals surface area (Å²) in [6.45, 7) is 2.53. The monoisotopic (exact) mass is 123 g/mol. The molecule has 1 saturated heterocycles. The molecule has 1 atom stereocenters. The number of amides is 1. The Morgan fingerprint density at radius 2 is 2.56 bits per heavy atom. The first-order valence-electron chi connectivity index (χ1n) is 3.02. The lowest BCUT2D eigenvalue weighted by atomic mass is 10.1. The third-order valence-electron chi connectivity index (χ3n) is 1.33. The van der Waals surface area contributed by atoms with E-state index in [-0.39, 0.29) is 11.8 Å². The molecule has 1 unspecified atom stereocenters. The highest BCUT2D eigenvalue weighted by Gasteiger charge is 2.18. The molecule has 1 heterocycles. The van der Waals surface area contributed by atoms with Gasteiger partial charge in [-0.1, -0.05) is 5.92 Å². The van der Waals surface area contributed by atoms with Crippen LogP contribution in [0.25, 0.3) is 0 Å². The predicted octanol–water partition coefficient (Wildman–Crippen LogP) is 0.146. The third-order valence-corrected chi connectivity index (χ3v) is 1.33. The van der Waals surface area contributed by atoms with Crippen molar-refractivity contribution < 1.29 is 4.79 Å². The van der Waals surface area contributed by atoms with Crippen molar-refractivity contribution in [3.8, 4) is 11.8 Å². The van der Waals surface area contributed by atoms with E-state index in [2.05, 4.69) is 17.2 Å². The fourth-order valence-corrected chi connectivity index (χ4v) is 0.911. The summed E-state index contributed by atoms with van der Waals surface area (Å²) in [6, 6.07) is 0. The maximum absolute atomic E-state index is 10.5. The highest BCUT2D eigenvalue weighted by Crippen LogP contribution is 2.05. The van der Waals surface area contributed by atoms with E-state index >= 15 is 0 Å². The molecular weight excluding hydrogens is 114 g/mol. The molecule has 1 fully saturated rings. The molecule has 0 saturated carbocycles. The Labute approximate surface area is 54.6 Å². The Kier molecular flexibility index (Phi) is 1.74. The van der Waals surface area contributed by atoms with E-state index in [1.54, 1.807) is 6.92 Å². The van der Waals surface area contributed by atoms with Crippen LogP contribution in [-0.2, 0) is 4.79 Å². The standard InChI is InChI=1S/C7H9NO/c1-2-3-6-4-7(9)8-5-6/h6H,4-5H2,1H3,(H,8,9). The first kappa shape index (κ1) is 6.15. The Bertz CT molecular complexity index is 175. The summed E-state index contributed by atoms with van der Waals surface area (Å²) in [5.41, 5.74) is 0. The van der Waals surface area contributed by atoms with Gasteiger partial charge in [0.15, 0.2) is 0 Å². The lowest BCUT2D eigenvalue weighted by Gasteiger charge is -1.90. The van der Waals surface area contributed by atoms with Crippen LogP contribution in [0.5, 0.6) is 0 Å². The van der Waals surface area contributed by atoms with Crippen molar-refractivity contribution in [3.05, 3.63) is 0 Å². The largest absolute Gasteiger partial charge is 0.355 e. The summed E-state index contributed by atoms with van der Waals surface area (Å²) in [5.74, 6) is 6.12. The average molecular weight is 123 g/mol. The molecule has 2 nitrogen and oxygen atoms in total. The zero-order chi connectivity index (χ0) is 6.69. The number of carbonyl (C=O) groups excluding carboxylic acids is 1. The van der Waals surface area contributed by atoms with Gasteiger partial charge < -0.3 is 5.32 Å². The quantitative estimate of drug-likeness (QED) is 0.456. The lowest BCUT2D eigenvalue weighted by molar-refractivity contribution is -0.119. The molecule has 1 aliphatic rings. The van der Waals surface area contributed by atoms with Crippen LogP contribution < -0.4 is 5.32 Å². The van der Waals surface area contributed by atoms with Crippen LogP contribution in [0.2, 0.25) is 0 Å². The average Bonchev–Trinajstić information content (AvgIpc) is 2.17. The molecule has 0 aromatic heterocycles. The lowest BCUT2D eigenvalue weighted by Crippen LogP contribution is -2.13. The maximum atomic E-state index is 10.5. The summed E-state index contributed by atoms with van der Waals surface area (Å²) in [7, 11) is 0. The summed E-state index contributed by atoms with van der Waals surface area (Å²) < 4.78 is 0. The van der Waals surface area contributed by atoms with Gasteiger partial charge in [0.2, 0.25) is 5.91 Å². The smallest absolute Gasteiger partial charge is 0.221 e. The topological polar surface area (TPSA) is 29.1 Å². The molecule has 0 aromatic rings. The van der Waals surface area contributed by atoms with Crippen LogP contribution >= 0.6 is 0 Å². The van der Waals surface area contributed by atoms with Gasteiger partial charge in [0.05, 0.1) is 0 Å². The van der Waals surface area contributed by atoms with E-state index in [4.69, 9.17) is 0 Å². The number of hydrogen-bond acceptors (Lipinski definition) is 1. The molecule has 1 aliphatic heterocycles. The molecule has 0 spiro atoms. The Morgan fingerprint density at radius 3 is 3.00 bits per heavy atom. The highest BCUT2D eigenvalue weighted by atomic mass is 16.1. The maximum Gasteiger partial charge on any atom is 0.221 e. The molecule has 2 heteroatoms. The number of carbonyl (C=O) groups is 1. The van der Waals surface area contributed by atoms with E-state index in [1.165, 1.54) is 0 Å². The van der Waals surface area contributed by atoms with Gasteiger partial charge in [0, 0.05) is 18.9 Å². The summed E-state index contributed by atoms with van der Waals surface area (Å²) >= 11 is 0. The third kappa shape index (κ3) is 1.46. The van der Waals surface area contributed by atoms with Crippen molar-refractivity contribution in [1.82, 2.24) is 5.32 Å². The second-order valence-corrected chi connectivity index (χ2v) is 2.10. The number of rotatable bonds is 0. The van der Waals surface area contributed by atoms with Crippen LogP contribution in [0.1, 0.15) is 13.3 Å². The van der Waals surface area contributed by atoms with E-state index in [0.29, 0.717) is 6.42 Å². The van der Waals surface area contributed by atoms with Gasteiger partial charge in [0.25, 0.3) is 0 Å². The summed E-state index contributed by atoms with van der Waals surface area (Å²) in [5, 5.41) is 2.71. The van der Waals surface area contributed by atoms with Crippen molar-refractivity contribution >= 4 is 5.91 Å². The van der Waals surface area contributed by atoms with Crippen LogP contribution in [0, 0.1) is 17.8 Å². The van der Waals surface area contributed by atoms with Crippen molar-refractivity contribution in [2.24, 2.45) is 5.92 Å². The van der Waals surface area contributed by atoms with E-state index in [1.807, 2.05) is 0 Å². The van der Waals surface area contributed by atoms with E-state index in [9.17, 15) is 4.79 Å². The zero-order valence-corrected chi connectivity index (χ0v) is 5.40. The molecule has 1 N–H and O–H groups in total. The van der Waals surface area contributed by atoms with Crippen LogP contribution in [0.4, 0.5) is 0 Å². The molecule has 0 bridgehead atoms. The molecule has 1 amide bonds. The van der Waals surface area contributed by atoms with Crippen molar-refractivity contribution in [2.75, 3.05) is 6.54 Å². The summed E-state index contributed by atoms with van der Waals surface area (Å²) in [6.07, 6.45) is 0.584. The minimum absolute atomic E-state index is 0.128. The van der Waals surface area contributed by atoms with E-state index < -0.39 is 0 Å². The highest BCUT2D eigenvalue weighted by molar-refractivity contribution is 5.78. The normalized spacial score (nSPS) is 24.6. The number of hydrogen-bond donors (Lipinski definition) is 1. The van der Waals surface area contributed by atoms with Gasteiger partial charge in [-0.3, -0.25) is 4.79 Å². The second-order valence-electron chi connectivity index (χ2n) is 2.10. The first-order chi connectivity index (χ1) is 4.33. The Hall–Kier alpha value is -0.970. The molecule has 48 valence electrons.